The summed E-state index contributed by atoms with van der Waals surface area (Å²) in [6.45, 7) is 4.30. The van der Waals surface area contributed by atoms with E-state index in [4.69, 9.17) is 23.2 Å². The standard InChI is InChI=1S/C11H16Cl2.Ti/c1-3-5-9-7-10(6-4-2)11(12,13)8-9;/h7-8H,3-6H2,1-2H3;. The summed E-state index contributed by atoms with van der Waals surface area (Å²) in [4.78, 5) is 0. The van der Waals surface area contributed by atoms with Crippen molar-refractivity contribution in [1.82, 2.24) is 0 Å². The summed E-state index contributed by atoms with van der Waals surface area (Å²) in [6.07, 6.45) is 8.45. The summed E-state index contributed by atoms with van der Waals surface area (Å²) in [5, 5.41) is 0. The van der Waals surface area contributed by atoms with E-state index in [2.05, 4.69) is 19.9 Å². The van der Waals surface area contributed by atoms with Crippen LogP contribution >= 0.6 is 23.2 Å². The van der Waals surface area contributed by atoms with E-state index in [-0.39, 0.29) is 21.7 Å². The average Bonchev–Trinajstić information content (AvgIpc) is 2.28. The third-order valence-electron chi connectivity index (χ3n) is 2.21. The molecule has 0 saturated heterocycles. The molecule has 0 bridgehead atoms. The molecule has 1 aliphatic carbocycles. The second-order valence-electron chi connectivity index (χ2n) is 3.51. The smallest absolute Gasteiger partial charge is 0.0919 e. The molecule has 14 heavy (non-hydrogen) atoms. The van der Waals surface area contributed by atoms with Crippen LogP contribution < -0.4 is 0 Å². The van der Waals surface area contributed by atoms with Gasteiger partial charge in [-0.25, -0.2) is 0 Å². The van der Waals surface area contributed by atoms with E-state index in [1.54, 1.807) is 0 Å². The van der Waals surface area contributed by atoms with Gasteiger partial charge in [-0.3, -0.25) is 0 Å². The minimum absolute atomic E-state index is 0. The zero-order chi connectivity index (χ0) is 9.90. The van der Waals surface area contributed by atoms with E-state index < -0.39 is 4.33 Å². The molecule has 0 heterocycles. The number of hydrogen-bond acceptors (Lipinski definition) is 0. The largest absolute Gasteiger partial charge is 0.158 e. The Hall–Kier alpha value is 0.774. The van der Waals surface area contributed by atoms with Gasteiger partial charge in [0, 0.05) is 21.7 Å². The molecule has 3 heteroatoms. The van der Waals surface area contributed by atoms with E-state index >= 15 is 0 Å². The fourth-order valence-corrected chi connectivity index (χ4v) is 2.21. The van der Waals surface area contributed by atoms with E-state index in [9.17, 15) is 0 Å². The summed E-state index contributed by atoms with van der Waals surface area (Å²) in [5.74, 6) is 0. The summed E-state index contributed by atoms with van der Waals surface area (Å²) in [6, 6.07) is 0. The van der Waals surface area contributed by atoms with E-state index in [1.165, 1.54) is 5.57 Å². The first-order valence-electron chi connectivity index (χ1n) is 4.90. The van der Waals surface area contributed by atoms with E-state index in [1.807, 2.05) is 6.08 Å². The van der Waals surface area contributed by atoms with Gasteiger partial charge >= 0.3 is 0 Å². The Morgan fingerprint density at radius 1 is 1.14 bits per heavy atom. The molecule has 0 amide bonds. The van der Waals surface area contributed by atoms with Crippen LogP contribution in [0.2, 0.25) is 0 Å². The predicted molar refractivity (Wildman–Crippen MR) is 60.4 cm³/mol. The van der Waals surface area contributed by atoms with Crippen molar-refractivity contribution < 1.29 is 21.7 Å². The van der Waals surface area contributed by atoms with Crippen LogP contribution in [0.3, 0.4) is 0 Å². The van der Waals surface area contributed by atoms with Crippen molar-refractivity contribution in [3.05, 3.63) is 23.3 Å². The molecule has 0 N–H and O–H groups in total. The molecule has 78 valence electrons. The molecule has 0 aromatic heterocycles. The van der Waals surface area contributed by atoms with Gasteiger partial charge in [0.1, 0.15) is 0 Å². The molecule has 0 fully saturated rings. The van der Waals surface area contributed by atoms with Crippen molar-refractivity contribution >= 4 is 23.2 Å². The van der Waals surface area contributed by atoms with Crippen LogP contribution in [0.4, 0.5) is 0 Å². The minimum atomic E-state index is -0.722. The van der Waals surface area contributed by atoms with Crippen LogP contribution in [0.1, 0.15) is 39.5 Å². The monoisotopic (exact) mass is 266 g/mol. The molecule has 0 aromatic carbocycles. The molecular weight excluding hydrogens is 251 g/mol. The van der Waals surface area contributed by atoms with E-state index in [0.717, 1.165) is 31.3 Å². The Morgan fingerprint density at radius 2 is 1.71 bits per heavy atom. The zero-order valence-corrected chi connectivity index (χ0v) is 11.8. The van der Waals surface area contributed by atoms with Crippen molar-refractivity contribution in [2.45, 2.75) is 43.9 Å². The van der Waals surface area contributed by atoms with Crippen LogP contribution in [0.25, 0.3) is 0 Å². The first-order valence-corrected chi connectivity index (χ1v) is 5.66. The fourth-order valence-electron chi connectivity index (χ4n) is 1.63. The third-order valence-corrected chi connectivity index (χ3v) is 2.92. The Morgan fingerprint density at radius 3 is 2.21 bits per heavy atom. The third kappa shape index (κ3) is 3.74. The van der Waals surface area contributed by atoms with Crippen LogP contribution in [-0.2, 0) is 21.7 Å². The molecule has 0 radical (unpaired) electrons. The Labute approximate surface area is 112 Å². The van der Waals surface area contributed by atoms with Crippen LogP contribution in [0, 0.1) is 0 Å². The maximum atomic E-state index is 6.16. The van der Waals surface area contributed by atoms with Crippen LogP contribution in [0.5, 0.6) is 0 Å². The van der Waals surface area contributed by atoms with Gasteiger partial charge in [-0.1, -0.05) is 56.0 Å². The number of alkyl halides is 2. The minimum Gasteiger partial charge on any atom is -0.0919 e. The molecule has 0 atom stereocenters. The van der Waals surface area contributed by atoms with Gasteiger partial charge in [-0.2, -0.15) is 0 Å². The topological polar surface area (TPSA) is 0 Å². The number of hydrogen-bond donors (Lipinski definition) is 0. The molecule has 0 nitrogen and oxygen atoms in total. The number of rotatable bonds is 4. The second kappa shape index (κ2) is 6.38. The average molecular weight is 267 g/mol. The Bertz CT molecular complexity index is 242. The molecule has 0 aliphatic heterocycles. The van der Waals surface area contributed by atoms with Gasteiger partial charge in [-0.15, -0.1) is 0 Å². The van der Waals surface area contributed by atoms with Crippen LogP contribution in [-0.4, -0.2) is 4.33 Å². The molecular formula is C11H16Cl2Ti. The SMILES string of the molecule is CCCC1=CC(Cl)(Cl)C(CCC)=C1.[Ti]. The maximum Gasteiger partial charge on any atom is 0.158 e. The molecule has 1 rings (SSSR count). The van der Waals surface area contributed by atoms with Crippen LogP contribution in [0.15, 0.2) is 23.3 Å². The number of allylic oxidation sites excluding steroid dienone is 4. The van der Waals surface area contributed by atoms with Gasteiger partial charge < -0.3 is 0 Å². The summed E-state index contributed by atoms with van der Waals surface area (Å²) in [5.41, 5.74) is 2.44. The molecule has 0 aromatic rings. The summed E-state index contributed by atoms with van der Waals surface area (Å²) < 4.78 is -0.722. The summed E-state index contributed by atoms with van der Waals surface area (Å²) >= 11 is 12.3. The van der Waals surface area contributed by atoms with Gasteiger partial charge in [0.2, 0.25) is 0 Å². The second-order valence-corrected chi connectivity index (χ2v) is 4.90. The van der Waals surface area contributed by atoms with Crippen molar-refractivity contribution in [1.29, 1.82) is 0 Å². The van der Waals surface area contributed by atoms with E-state index in [0.29, 0.717) is 0 Å². The van der Waals surface area contributed by atoms with Crippen molar-refractivity contribution in [3.8, 4) is 0 Å². The van der Waals surface area contributed by atoms with Crippen molar-refractivity contribution in [2.75, 3.05) is 0 Å². The zero-order valence-electron chi connectivity index (χ0n) is 8.74. The van der Waals surface area contributed by atoms with Gasteiger partial charge in [0.05, 0.1) is 0 Å². The first kappa shape index (κ1) is 14.8. The molecule has 0 saturated carbocycles. The molecule has 1 aliphatic rings. The normalized spacial score (nSPS) is 18.6. The molecule has 0 unspecified atom stereocenters. The number of halogens is 2. The fraction of sp³-hybridized carbons (Fsp3) is 0.636. The van der Waals surface area contributed by atoms with Gasteiger partial charge in [0.15, 0.2) is 4.33 Å². The van der Waals surface area contributed by atoms with Gasteiger partial charge in [-0.05, 0) is 30.1 Å². The predicted octanol–water partition coefficient (Wildman–Crippen LogP) is 4.62. The first-order chi connectivity index (χ1) is 6.10. The van der Waals surface area contributed by atoms with Crippen molar-refractivity contribution in [2.24, 2.45) is 0 Å². The molecule has 0 spiro atoms. The quantitative estimate of drug-likeness (QED) is 0.514. The van der Waals surface area contributed by atoms with Gasteiger partial charge in [0.25, 0.3) is 0 Å². The van der Waals surface area contributed by atoms with Crippen molar-refractivity contribution in [3.63, 3.8) is 0 Å². The maximum absolute atomic E-state index is 6.16. The Kier molecular flexibility index (Phi) is 6.73. The Balaban J connectivity index is 0.00000169. The summed E-state index contributed by atoms with van der Waals surface area (Å²) in [7, 11) is 0.